The number of amides is 1. The average Bonchev–Trinajstić information content (AvgIpc) is 2.58. The van der Waals surface area contributed by atoms with Gasteiger partial charge in [0, 0.05) is 25.0 Å². The van der Waals surface area contributed by atoms with E-state index in [0.717, 1.165) is 17.5 Å². The van der Waals surface area contributed by atoms with Crippen molar-refractivity contribution in [3.05, 3.63) is 65.5 Å². The first-order chi connectivity index (χ1) is 11.3. The molecule has 0 saturated heterocycles. The second-order valence-electron chi connectivity index (χ2n) is 6.89. The number of aliphatic hydroxyl groups is 1. The van der Waals surface area contributed by atoms with Crippen molar-refractivity contribution in [1.82, 2.24) is 9.88 Å². The molecular formula is C20H26N2O2. The van der Waals surface area contributed by atoms with E-state index in [0.29, 0.717) is 12.0 Å². The summed E-state index contributed by atoms with van der Waals surface area (Å²) in [6, 6.07) is 11.5. The van der Waals surface area contributed by atoms with Crippen molar-refractivity contribution in [2.75, 3.05) is 7.05 Å². The Morgan fingerprint density at radius 3 is 2.54 bits per heavy atom. The molecule has 24 heavy (non-hydrogen) atoms. The molecule has 0 fully saturated rings. The molecule has 1 aromatic carbocycles. The Kier molecular flexibility index (Phi) is 5.73. The van der Waals surface area contributed by atoms with E-state index in [2.05, 4.69) is 4.98 Å². The van der Waals surface area contributed by atoms with Crippen LogP contribution in [0, 0.1) is 0 Å². The molecule has 4 heteroatoms. The molecule has 0 aliphatic carbocycles. The second-order valence-corrected chi connectivity index (χ2v) is 6.89. The van der Waals surface area contributed by atoms with Gasteiger partial charge in [0.05, 0.1) is 11.6 Å². The largest absolute Gasteiger partial charge is 0.390 e. The summed E-state index contributed by atoms with van der Waals surface area (Å²) >= 11 is 0. The number of aryl methyl sites for hydroxylation is 1. The van der Waals surface area contributed by atoms with Gasteiger partial charge in [-0.25, -0.2) is 0 Å². The van der Waals surface area contributed by atoms with Crippen molar-refractivity contribution in [1.29, 1.82) is 0 Å². The Balaban J connectivity index is 2.11. The second kappa shape index (κ2) is 7.58. The van der Waals surface area contributed by atoms with Crippen molar-refractivity contribution >= 4 is 5.91 Å². The predicted octanol–water partition coefficient (Wildman–Crippen LogP) is 3.62. The monoisotopic (exact) mass is 326 g/mol. The van der Waals surface area contributed by atoms with Gasteiger partial charge in [0.1, 0.15) is 0 Å². The number of nitrogens with zero attached hydrogens (tertiary/aromatic N) is 2. The van der Waals surface area contributed by atoms with Gasteiger partial charge in [-0.1, -0.05) is 12.1 Å². The van der Waals surface area contributed by atoms with Crippen LogP contribution in [0.2, 0.25) is 0 Å². The fourth-order valence-electron chi connectivity index (χ4n) is 2.56. The molecule has 1 N–H and O–H groups in total. The van der Waals surface area contributed by atoms with E-state index >= 15 is 0 Å². The summed E-state index contributed by atoms with van der Waals surface area (Å²) in [5, 5.41) is 9.86. The van der Waals surface area contributed by atoms with Gasteiger partial charge in [-0.05, 0) is 69.0 Å². The molecule has 0 unspecified atom stereocenters. The SMILES string of the molecule is C[C@@H](c1ccncc1)N(C)C(=O)c1cccc(CCC(C)(C)O)c1. The first-order valence-electron chi connectivity index (χ1n) is 8.26. The Labute approximate surface area is 144 Å². The Bertz CT molecular complexity index is 678. The van der Waals surface area contributed by atoms with Crippen LogP contribution >= 0.6 is 0 Å². The molecule has 0 bridgehead atoms. The quantitative estimate of drug-likeness (QED) is 0.882. The van der Waals surface area contributed by atoms with Crippen LogP contribution in [-0.2, 0) is 6.42 Å². The van der Waals surface area contributed by atoms with Crippen LogP contribution in [0.4, 0.5) is 0 Å². The summed E-state index contributed by atoms with van der Waals surface area (Å²) in [5.41, 5.74) is 2.09. The zero-order valence-corrected chi connectivity index (χ0v) is 14.9. The molecule has 0 radical (unpaired) electrons. The van der Waals surface area contributed by atoms with Gasteiger partial charge in [0.15, 0.2) is 0 Å². The van der Waals surface area contributed by atoms with Gasteiger partial charge in [0.2, 0.25) is 0 Å². The van der Waals surface area contributed by atoms with Crippen molar-refractivity contribution in [2.45, 2.75) is 45.3 Å². The molecule has 1 heterocycles. The van der Waals surface area contributed by atoms with Crippen molar-refractivity contribution < 1.29 is 9.90 Å². The number of pyridine rings is 1. The number of hydrogen-bond donors (Lipinski definition) is 1. The maximum absolute atomic E-state index is 12.8. The van der Waals surface area contributed by atoms with E-state index in [9.17, 15) is 9.90 Å². The number of carbonyl (C=O) groups is 1. The topological polar surface area (TPSA) is 53.4 Å². The third-order valence-electron chi connectivity index (χ3n) is 4.29. The minimum absolute atomic E-state index is 0.00980. The first kappa shape index (κ1) is 18.1. The van der Waals surface area contributed by atoms with Crippen molar-refractivity contribution in [2.24, 2.45) is 0 Å². The number of benzene rings is 1. The van der Waals surface area contributed by atoms with E-state index in [1.165, 1.54) is 0 Å². The van der Waals surface area contributed by atoms with Crippen molar-refractivity contribution in [3.63, 3.8) is 0 Å². The summed E-state index contributed by atoms with van der Waals surface area (Å²) in [6.07, 6.45) is 4.88. The van der Waals surface area contributed by atoms with Crippen LogP contribution in [0.25, 0.3) is 0 Å². The number of rotatable bonds is 6. The summed E-state index contributed by atoms with van der Waals surface area (Å²) in [7, 11) is 1.82. The lowest BCUT2D eigenvalue weighted by atomic mass is 9.97. The van der Waals surface area contributed by atoms with Crippen LogP contribution in [0.15, 0.2) is 48.8 Å². The van der Waals surface area contributed by atoms with Crippen LogP contribution in [0.5, 0.6) is 0 Å². The van der Waals surface area contributed by atoms with E-state index in [-0.39, 0.29) is 11.9 Å². The third-order valence-corrected chi connectivity index (χ3v) is 4.29. The van der Waals surface area contributed by atoms with Crippen LogP contribution in [0.3, 0.4) is 0 Å². The molecule has 1 amide bonds. The van der Waals surface area contributed by atoms with Crippen LogP contribution in [-0.4, -0.2) is 33.5 Å². The van der Waals surface area contributed by atoms with E-state index in [1.807, 2.05) is 50.4 Å². The number of carbonyl (C=O) groups excluding carboxylic acids is 1. The van der Waals surface area contributed by atoms with E-state index in [4.69, 9.17) is 0 Å². The molecular weight excluding hydrogens is 300 g/mol. The van der Waals surface area contributed by atoms with Gasteiger partial charge in [0.25, 0.3) is 5.91 Å². The minimum Gasteiger partial charge on any atom is -0.390 e. The van der Waals surface area contributed by atoms with Gasteiger partial charge in [-0.3, -0.25) is 9.78 Å². The molecule has 0 aliphatic heterocycles. The van der Waals surface area contributed by atoms with Crippen molar-refractivity contribution in [3.8, 4) is 0 Å². The molecule has 4 nitrogen and oxygen atoms in total. The lowest BCUT2D eigenvalue weighted by Crippen LogP contribution is -2.29. The highest BCUT2D eigenvalue weighted by Gasteiger charge is 2.19. The smallest absolute Gasteiger partial charge is 0.254 e. The normalized spacial score (nSPS) is 12.7. The lowest BCUT2D eigenvalue weighted by molar-refractivity contribution is 0.0714. The van der Waals surface area contributed by atoms with Gasteiger partial charge in [-0.15, -0.1) is 0 Å². The Hall–Kier alpha value is -2.20. The van der Waals surface area contributed by atoms with E-state index in [1.54, 1.807) is 31.1 Å². The number of aromatic nitrogens is 1. The zero-order chi connectivity index (χ0) is 17.7. The highest BCUT2D eigenvalue weighted by atomic mass is 16.3. The maximum Gasteiger partial charge on any atom is 0.254 e. The minimum atomic E-state index is -0.702. The first-order valence-corrected chi connectivity index (χ1v) is 8.26. The lowest BCUT2D eigenvalue weighted by Gasteiger charge is -2.25. The average molecular weight is 326 g/mol. The molecule has 2 rings (SSSR count). The molecule has 1 aromatic heterocycles. The van der Waals surface area contributed by atoms with E-state index < -0.39 is 5.60 Å². The van der Waals surface area contributed by atoms with Crippen LogP contribution in [0.1, 0.15) is 54.7 Å². The van der Waals surface area contributed by atoms with Gasteiger partial charge in [-0.2, -0.15) is 0 Å². The summed E-state index contributed by atoms with van der Waals surface area (Å²) in [6.45, 7) is 5.60. The third kappa shape index (κ3) is 4.90. The zero-order valence-electron chi connectivity index (χ0n) is 14.9. The summed E-state index contributed by atoms with van der Waals surface area (Å²) in [4.78, 5) is 18.5. The standard InChI is InChI=1S/C20H26N2O2/c1-15(17-9-12-21-13-10-17)22(4)19(23)18-7-5-6-16(14-18)8-11-20(2,3)24/h5-7,9-10,12-15,24H,8,11H2,1-4H3/t15-/m0/s1. The molecule has 0 spiro atoms. The number of hydrogen-bond acceptors (Lipinski definition) is 3. The van der Waals surface area contributed by atoms with Crippen LogP contribution < -0.4 is 0 Å². The predicted molar refractivity (Wildman–Crippen MR) is 95.8 cm³/mol. The molecule has 2 aromatic rings. The summed E-state index contributed by atoms with van der Waals surface area (Å²) in [5.74, 6) is -0.00980. The maximum atomic E-state index is 12.8. The fraction of sp³-hybridized carbons (Fsp3) is 0.400. The fourth-order valence-corrected chi connectivity index (χ4v) is 2.56. The molecule has 1 atom stereocenters. The molecule has 128 valence electrons. The Morgan fingerprint density at radius 1 is 1.25 bits per heavy atom. The molecule has 0 saturated carbocycles. The molecule has 0 aliphatic rings. The summed E-state index contributed by atoms with van der Waals surface area (Å²) < 4.78 is 0. The van der Waals surface area contributed by atoms with Gasteiger partial charge < -0.3 is 10.0 Å². The highest BCUT2D eigenvalue weighted by Crippen LogP contribution is 2.21. The Morgan fingerprint density at radius 2 is 1.92 bits per heavy atom. The van der Waals surface area contributed by atoms with Gasteiger partial charge >= 0.3 is 0 Å². The highest BCUT2D eigenvalue weighted by molar-refractivity contribution is 5.94.